The Labute approximate surface area is 141 Å². The molecule has 0 amide bonds. The molecule has 0 unspecified atom stereocenters. The van der Waals surface area contributed by atoms with E-state index in [9.17, 15) is 9.18 Å². The lowest BCUT2D eigenvalue weighted by Crippen LogP contribution is -2.03. The summed E-state index contributed by atoms with van der Waals surface area (Å²) in [6.45, 7) is -0.0550. The van der Waals surface area contributed by atoms with E-state index in [2.05, 4.69) is 5.16 Å². The Morgan fingerprint density at radius 3 is 2.68 bits per heavy atom. The van der Waals surface area contributed by atoms with E-state index in [0.717, 1.165) is 5.39 Å². The molecule has 2 aromatic carbocycles. The lowest BCUT2D eigenvalue weighted by molar-refractivity contribution is 0.0430. The molecule has 2 heterocycles. The number of halogens is 1. The van der Waals surface area contributed by atoms with E-state index >= 15 is 0 Å². The summed E-state index contributed by atoms with van der Waals surface area (Å²) in [5.74, 6) is -0.316. The van der Waals surface area contributed by atoms with Crippen LogP contribution in [0.1, 0.15) is 16.2 Å². The smallest absolute Gasteiger partial charge is 0.374 e. The molecule has 6 heteroatoms. The molecule has 4 aromatic rings. The molecule has 0 spiro atoms. The van der Waals surface area contributed by atoms with Crippen LogP contribution in [-0.2, 0) is 11.3 Å². The summed E-state index contributed by atoms with van der Waals surface area (Å²) < 4.78 is 28.8. The van der Waals surface area contributed by atoms with E-state index in [1.807, 2.05) is 18.2 Å². The summed E-state index contributed by atoms with van der Waals surface area (Å²) in [6, 6.07) is 16.4. The Bertz CT molecular complexity index is 1000. The normalized spacial score (nSPS) is 10.9. The predicted octanol–water partition coefficient (Wildman–Crippen LogP) is 4.58. The summed E-state index contributed by atoms with van der Waals surface area (Å²) >= 11 is 0. The second kappa shape index (κ2) is 6.24. The third kappa shape index (κ3) is 3.14. The average Bonchev–Trinajstić information content (AvgIpc) is 3.27. The zero-order valence-corrected chi connectivity index (χ0v) is 12.9. The van der Waals surface area contributed by atoms with Gasteiger partial charge in [-0.05, 0) is 36.4 Å². The van der Waals surface area contributed by atoms with Crippen molar-refractivity contribution in [2.45, 2.75) is 6.61 Å². The van der Waals surface area contributed by atoms with Crippen LogP contribution in [0.3, 0.4) is 0 Å². The molecule has 0 bridgehead atoms. The Morgan fingerprint density at radius 2 is 1.88 bits per heavy atom. The van der Waals surface area contributed by atoms with Crippen LogP contribution in [0.25, 0.3) is 22.3 Å². The molecular weight excluding hydrogens is 325 g/mol. The van der Waals surface area contributed by atoms with Gasteiger partial charge in [-0.3, -0.25) is 0 Å². The van der Waals surface area contributed by atoms with Crippen molar-refractivity contribution in [3.8, 4) is 11.3 Å². The van der Waals surface area contributed by atoms with Gasteiger partial charge >= 0.3 is 5.97 Å². The first-order chi connectivity index (χ1) is 12.2. The number of esters is 1. The van der Waals surface area contributed by atoms with Gasteiger partial charge in [-0.2, -0.15) is 0 Å². The Kier molecular flexibility index (Phi) is 3.78. The van der Waals surface area contributed by atoms with Crippen LogP contribution in [0, 0.1) is 5.82 Å². The van der Waals surface area contributed by atoms with Crippen LogP contribution in [0.2, 0.25) is 0 Å². The minimum Gasteiger partial charge on any atom is -0.453 e. The van der Waals surface area contributed by atoms with Crippen molar-refractivity contribution < 1.29 is 22.9 Å². The maximum Gasteiger partial charge on any atom is 0.374 e. The SMILES string of the molecule is O=C(OCc1cc(-c2ccc(F)cc2)on1)c1cc2ccccc2o1. The highest BCUT2D eigenvalue weighted by Crippen LogP contribution is 2.22. The summed E-state index contributed by atoms with van der Waals surface area (Å²) in [6.07, 6.45) is 0. The summed E-state index contributed by atoms with van der Waals surface area (Å²) in [7, 11) is 0. The van der Waals surface area contributed by atoms with Crippen LogP contribution >= 0.6 is 0 Å². The number of benzene rings is 2. The first-order valence-corrected chi connectivity index (χ1v) is 7.56. The van der Waals surface area contributed by atoms with Gasteiger partial charge in [0.15, 0.2) is 5.76 Å². The standard InChI is InChI=1S/C19H12FNO4/c20-14-7-5-12(6-8-14)17-10-15(21-25-17)11-23-19(22)18-9-13-3-1-2-4-16(13)24-18/h1-10H,11H2. The molecule has 124 valence electrons. The van der Waals surface area contributed by atoms with Gasteiger partial charge in [0.25, 0.3) is 0 Å². The second-order valence-electron chi connectivity index (χ2n) is 5.41. The number of para-hydroxylation sites is 1. The van der Waals surface area contributed by atoms with Gasteiger partial charge in [-0.15, -0.1) is 0 Å². The predicted molar refractivity (Wildman–Crippen MR) is 87.2 cm³/mol. The molecular formula is C19H12FNO4. The average molecular weight is 337 g/mol. The molecule has 0 saturated carbocycles. The van der Waals surface area contributed by atoms with Crippen molar-refractivity contribution >= 4 is 16.9 Å². The highest BCUT2D eigenvalue weighted by molar-refractivity contribution is 5.92. The molecule has 0 aliphatic rings. The quantitative estimate of drug-likeness (QED) is 0.510. The van der Waals surface area contributed by atoms with Crippen molar-refractivity contribution in [2.24, 2.45) is 0 Å². The van der Waals surface area contributed by atoms with Gasteiger partial charge in [0.1, 0.15) is 23.7 Å². The summed E-state index contributed by atoms with van der Waals surface area (Å²) in [4.78, 5) is 12.1. The van der Waals surface area contributed by atoms with E-state index < -0.39 is 5.97 Å². The number of nitrogens with zero attached hydrogens (tertiary/aromatic N) is 1. The zero-order chi connectivity index (χ0) is 17.2. The number of rotatable bonds is 4. The third-order valence-corrected chi connectivity index (χ3v) is 3.67. The van der Waals surface area contributed by atoms with Gasteiger partial charge < -0.3 is 13.7 Å². The van der Waals surface area contributed by atoms with Crippen molar-refractivity contribution in [3.05, 3.63) is 77.9 Å². The minimum atomic E-state index is -0.581. The number of carbonyl (C=O) groups is 1. The van der Waals surface area contributed by atoms with Gasteiger partial charge in [0.2, 0.25) is 5.76 Å². The van der Waals surface area contributed by atoms with Gasteiger partial charge in [-0.1, -0.05) is 23.4 Å². The van der Waals surface area contributed by atoms with E-state index in [1.54, 1.807) is 30.3 Å². The van der Waals surface area contributed by atoms with Crippen molar-refractivity contribution in [3.63, 3.8) is 0 Å². The van der Waals surface area contributed by atoms with Gasteiger partial charge in [0.05, 0.1) is 0 Å². The molecule has 0 aliphatic heterocycles. The Balaban J connectivity index is 1.44. The van der Waals surface area contributed by atoms with Crippen LogP contribution in [-0.4, -0.2) is 11.1 Å². The van der Waals surface area contributed by atoms with E-state index in [1.165, 1.54) is 12.1 Å². The van der Waals surface area contributed by atoms with Crippen molar-refractivity contribution in [1.29, 1.82) is 0 Å². The van der Waals surface area contributed by atoms with Gasteiger partial charge in [-0.25, -0.2) is 9.18 Å². The van der Waals surface area contributed by atoms with Crippen LogP contribution in [0.15, 0.2) is 69.6 Å². The van der Waals surface area contributed by atoms with Crippen LogP contribution in [0.4, 0.5) is 4.39 Å². The van der Waals surface area contributed by atoms with E-state index in [0.29, 0.717) is 22.6 Å². The molecule has 2 aromatic heterocycles. The molecule has 0 aliphatic carbocycles. The number of fused-ring (bicyclic) bond motifs is 1. The number of hydrogen-bond donors (Lipinski definition) is 0. The summed E-state index contributed by atoms with van der Waals surface area (Å²) in [5, 5.41) is 4.68. The topological polar surface area (TPSA) is 65.5 Å². The molecule has 4 rings (SSSR count). The second-order valence-corrected chi connectivity index (χ2v) is 5.41. The van der Waals surface area contributed by atoms with Gasteiger partial charge in [0, 0.05) is 17.0 Å². The minimum absolute atomic E-state index is 0.0550. The number of furan rings is 1. The fourth-order valence-corrected chi connectivity index (χ4v) is 2.42. The summed E-state index contributed by atoms with van der Waals surface area (Å²) in [5.41, 5.74) is 1.75. The maximum absolute atomic E-state index is 12.9. The molecule has 0 N–H and O–H groups in total. The highest BCUT2D eigenvalue weighted by atomic mass is 19.1. The fraction of sp³-hybridized carbons (Fsp3) is 0.0526. The first-order valence-electron chi connectivity index (χ1n) is 7.56. The number of hydrogen-bond acceptors (Lipinski definition) is 5. The van der Waals surface area contributed by atoms with Crippen molar-refractivity contribution in [1.82, 2.24) is 5.16 Å². The van der Waals surface area contributed by atoms with Crippen LogP contribution in [0.5, 0.6) is 0 Å². The van der Waals surface area contributed by atoms with Crippen LogP contribution < -0.4 is 0 Å². The molecule has 0 atom stereocenters. The Morgan fingerprint density at radius 1 is 1.08 bits per heavy atom. The van der Waals surface area contributed by atoms with Crippen molar-refractivity contribution in [2.75, 3.05) is 0 Å². The molecule has 0 radical (unpaired) electrons. The Hall–Kier alpha value is -3.41. The molecule has 0 fully saturated rings. The highest BCUT2D eigenvalue weighted by Gasteiger charge is 2.15. The lowest BCUT2D eigenvalue weighted by Gasteiger charge is -1.98. The van der Waals surface area contributed by atoms with E-state index in [4.69, 9.17) is 13.7 Å². The molecule has 5 nitrogen and oxygen atoms in total. The molecule has 0 saturated heterocycles. The zero-order valence-electron chi connectivity index (χ0n) is 12.9. The number of ether oxygens (including phenoxy) is 1. The lowest BCUT2D eigenvalue weighted by atomic mass is 10.1. The maximum atomic E-state index is 12.9. The molecule has 25 heavy (non-hydrogen) atoms. The number of carbonyl (C=O) groups excluding carboxylic acids is 1. The van der Waals surface area contributed by atoms with E-state index in [-0.39, 0.29) is 18.2 Å². The largest absolute Gasteiger partial charge is 0.453 e. The fourth-order valence-electron chi connectivity index (χ4n) is 2.42. The first kappa shape index (κ1) is 15.1. The monoisotopic (exact) mass is 337 g/mol. The third-order valence-electron chi connectivity index (χ3n) is 3.67. The number of aromatic nitrogens is 1.